The fraction of sp³-hybridized carbons (Fsp3) is 0.316. The van der Waals surface area contributed by atoms with E-state index in [4.69, 9.17) is 9.95 Å². The van der Waals surface area contributed by atoms with Crippen molar-refractivity contribution >= 4 is 29.9 Å². The van der Waals surface area contributed by atoms with Crippen molar-refractivity contribution in [3.8, 4) is 0 Å². The molecule has 3 rings (SSSR count). The van der Waals surface area contributed by atoms with Crippen LogP contribution in [0.25, 0.3) is 10.9 Å². The molecule has 0 saturated heterocycles. The molecule has 1 N–H and O–H groups in total. The average molecular weight is 385 g/mol. The summed E-state index contributed by atoms with van der Waals surface area (Å²) in [6.07, 6.45) is 0. The van der Waals surface area contributed by atoms with Gasteiger partial charge in [-0.3, -0.25) is 14.0 Å². The van der Waals surface area contributed by atoms with Gasteiger partial charge < -0.3 is 5.32 Å². The van der Waals surface area contributed by atoms with Gasteiger partial charge in [0.25, 0.3) is 0 Å². The van der Waals surface area contributed by atoms with Crippen LogP contribution in [0.15, 0.2) is 59.5 Å². The van der Waals surface area contributed by atoms with Crippen molar-refractivity contribution in [2.45, 2.75) is 0 Å². The number of nitrogens with zero attached hydrogens (tertiary/aromatic N) is 6. The zero-order chi connectivity index (χ0) is 19.6. The Balaban J connectivity index is 2.25. The van der Waals surface area contributed by atoms with Crippen molar-refractivity contribution in [2.24, 2.45) is 4.85 Å². The molecule has 8 heteroatoms. The Hall–Kier alpha value is -2.18. The third-order valence-corrected chi connectivity index (χ3v) is 8.04. The van der Waals surface area contributed by atoms with Gasteiger partial charge in [-0.15, -0.1) is 14.7 Å². The van der Waals surface area contributed by atoms with Gasteiger partial charge in [-0.05, 0) is 66.6 Å². The van der Waals surface area contributed by atoms with Crippen LogP contribution < -0.4 is 5.32 Å². The maximum atomic E-state index is 5.15. The van der Waals surface area contributed by atoms with Crippen LogP contribution >= 0.6 is 7.51 Å². The van der Waals surface area contributed by atoms with Gasteiger partial charge in [0.2, 0.25) is 0 Å². The molecule has 27 heavy (non-hydrogen) atoms. The predicted molar refractivity (Wildman–Crippen MR) is 115 cm³/mol. The van der Waals surface area contributed by atoms with Crippen LogP contribution in [0.2, 0.25) is 0 Å². The van der Waals surface area contributed by atoms with Crippen molar-refractivity contribution in [3.05, 3.63) is 54.6 Å². The van der Waals surface area contributed by atoms with Crippen molar-refractivity contribution in [1.29, 1.82) is 0 Å². The second-order valence-electron chi connectivity index (χ2n) is 6.91. The van der Waals surface area contributed by atoms with E-state index in [1.165, 1.54) is 0 Å². The highest BCUT2D eigenvalue weighted by Gasteiger charge is 2.30. The molecule has 144 valence electrons. The van der Waals surface area contributed by atoms with E-state index in [9.17, 15) is 0 Å². The Labute approximate surface area is 161 Å². The Morgan fingerprint density at radius 2 is 1.37 bits per heavy atom. The minimum absolute atomic E-state index is 0.867. The molecule has 2 aromatic carbocycles. The topological polar surface area (TPSA) is 51.9 Å². The van der Waals surface area contributed by atoms with Crippen LogP contribution in [-0.4, -0.2) is 66.2 Å². The third kappa shape index (κ3) is 3.64. The number of fused-ring (bicyclic) bond motifs is 1. The molecule has 7 nitrogen and oxygen atoms in total. The van der Waals surface area contributed by atoms with E-state index in [2.05, 4.69) is 67.7 Å². The summed E-state index contributed by atoms with van der Waals surface area (Å²) in [5.41, 5.74) is 1.91. The smallest absolute Gasteiger partial charge is 0.192 e. The number of nitrogens with one attached hydrogen (secondary N) is 1. The number of para-hydroxylation sites is 1. The number of hydrogen-bond acceptors (Lipinski definition) is 3. The van der Waals surface area contributed by atoms with E-state index in [1.54, 1.807) is 4.79 Å². The molecule has 0 bridgehead atoms. The van der Waals surface area contributed by atoms with Gasteiger partial charge in [0.05, 0.1) is 5.52 Å². The van der Waals surface area contributed by atoms with Crippen LogP contribution in [-0.2, 0) is 0 Å². The molecule has 0 aliphatic rings. The maximum absolute atomic E-state index is 5.15. The highest BCUT2D eigenvalue weighted by atomic mass is 31.2. The van der Waals surface area contributed by atoms with Crippen LogP contribution in [0, 0.1) is 0 Å². The molecule has 0 saturated carbocycles. The quantitative estimate of drug-likeness (QED) is 0.646. The minimum Gasteiger partial charge on any atom is -0.338 e. The highest BCUT2D eigenvalue weighted by molar-refractivity contribution is 7.58. The van der Waals surface area contributed by atoms with Gasteiger partial charge >= 0.3 is 0 Å². The normalized spacial score (nSPS) is 12.3. The monoisotopic (exact) mass is 385 g/mol. The standard InChI is InChI=1S/C19H28N7P/c1-23(2)27(24(3)4,25(5)6)22-26-19(20-16-12-8-7-9-13-16)17-14-10-11-15-18(17)21-26/h7-15,20H,1-6H3. The van der Waals surface area contributed by atoms with Crippen LogP contribution in [0.3, 0.4) is 0 Å². The van der Waals surface area contributed by atoms with Gasteiger partial charge in [-0.2, -0.15) is 0 Å². The molecular formula is C19H28N7P. The van der Waals surface area contributed by atoms with Crippen molar-refractivity contribution in [1.82, 2.24) is 23.9 Å². The van der Waals surface area contributed by atoms with Crippen LogP contribution in [0.1, 0.15) is 0 Å². The summed E-state index contributed by atoms with van der Waals surface area (Å²) in [5.74, 6) is 0.867. The number of anilines is 2. The van der Waals surface area contributed by atoms with Gasteiger partial charge in [0.1, 0.15) is 0 Å². The molecule has 0 spiro atoms. The lowest BCUT2D eigenvalue weighted by atomic mass is 10.2. The molecule has 3 aromatic rings. The SMILES string of the molecule is CN(C)P(=Nn1nc2ccccc2c1Nc1ccccc1)(N(C)C)N(C)C. The zero-order valence-electron chi connectivity index (χ0n) is 16.8. The summed E-state index contributed by atoms with van der Waals surface area (Å²) in [4.78, 5) is 6.91. The van der Waals surface area contributed by atoms with E-state index in [-0.39, 0.29) is 0 Å². The number of rotatable bonds is 6. The first-order chi connectivity index (χ1) is 12.9. The van der Waals surface area contributed by atoms with E-state index in [1.807, 2.05) is 48.5 Å². The van der Waals surface area contributed by atoms with E-state index < -0.39 is 7.51 Å². The fourth-order valence-electron chi connectivity index (χ4n) is 3.29. The summed E-state index contributed by atoms with van der Waals surface area (Å²) in [6, 6.07) is 18.2. The molecule has 0 aliphatic heterocycles. The van der Waals surface area contributed by atoms with Crippen molar-refractivity contribution < 1.29 is 0 Å². The molecule has 0 unspecified atom stereocenters. The maximum Gasteiger partial charge on any atom is 0.192 e. The fourth-order valence-corrected chi connectivity index (χ4v) is 6.27. The molecule has 1 aromatic heterocycles. The second kappa shape index (κ2) is 7.82. The van der Waals surface area contributed by atoms with Gasteiger partial charge in [-0.1, -0.05) is 30.3 Å². The zero-order valence-corrected chi connectivity index (χ0v) is 17.7. The largest absolute Gasteiger partial charge is 0.338 e. The molecule has 0 atom stereocenters. The second-order valence-corrected chi connectivity index (χ2v) is 10.6. The first-order valence-electron chi connectivity index (χ1n) is 8.82. The summed E-state index contributed by atoms with van der Waals surface area (Å²) in [7, 11) is 10.2. The van der Waals surface area contributed by atoms with Crippen molar-refractivity contribution in [2.75, 3.05) is 47.6 Å². The predicted octanol–water partition coefficient (Wildman–Crippen LogP) is 4.17. The highest BCUT2D eigenvalue weighted by Crippen LogP contribution is 2.55. The lowest BCUT2D eigenvalue weighted by molar-refractivity contribution is 0.465. The summed E-state index contributed by atoms with van der Waals surface area (Å²) >= 11 is 0. The molecule has 0 amide bonds. The minimum atomic E-state index is -2.14. The Morgan fingerprint density at radius 1 is 0.815 bits per heavy atom. The molecule has 0 radical (unpaired) electrons. The van der Waals surface area contributed by atoms with Gasteiger partial charge in [0, 0.05) is 11.1 Å². The first kappa shape index (κ1) is 19.6. The average Bonchev–Trinajstić information content (AvgIpc) is 2.97. The third-order valence-electron chi connectivity index (χ3n) is 4.41. The summed E-state index contributed by atoms with van der Waals surface area (Å²) in [6.45, 7) is 0. The molecular weight excluding hydrogens is 357 g/mol. The molecule has 0 fully saturated rings. The Morgan fingerprint density at radius 3 is 1.96 bits per heavy atom. The van der Waals surface area contributed by atoms with E-state index >= 15 is 0 Å². The molecule has 0 aliphatic carbocycles. The number of hydrogen-bond donors (Lipinski definition) is 1. The number of aromatic nitrogens is 2. The number of benzene rings is 2. The van der Waals surface area contributed by atoms with Crippen LogP contribution in [0.5, 0.6) is 0 Å². The van der Waals surface area contributed by atoms with Crippen molar-refractivity contribution in [3.63, 3.8) is 0 Å². The molecule has 1 heterocycles. The van der Waals surface area contributed by atoms with Gasteiger partial charge in [-0.25, -0.2) is 0 Å². The Bertz CT molecular complexity index is 932. The lowest BCUT2D eigenvalue weighted by Gasteiger charge is -2.40. The van der Waals surface area contributed by atoms with Crippen LogP contribution in [0.4, 0.5) is 11.5 Å². The van der Waals surface area contributed by atoms with E-state index in [0.717, 1.165) is 22.4 Å². The Kier molecular flexibility index (Phi) is 5.67. The lowest BCUT2D eigenvalue weighted by Crippen LogP contribution is -2.31. The summed E-state index contributed by atoms with van der Waals surface area (Å²) < 4.78 is 6.52. The van der Waals surface area contributed by atoms with Gasteiger partial charge in [0.15, 0.2) is 13.3 Å². The first-order valence-corrected chi connectivity index (χ1v) is 10.4. The summed E-state index contributed by atoms with van der Waals surface area (Å²) in [5, 5.41) is 9.32. The van der Waals surface area contributed by atoms with E-state index in [0.29, 0.717) is 0 Å².